The Morgan fingerprint density at radius 1 is 1.18 bits per heavy atom. The smallest absolute Gasteiger partial charge is 0.410 e. The summed E-state index contributed by atoms with van der Waals surface area (Å²) in [7, 11) is 1.49. The van der Waals surface area contributed by atoms with Crippen molar-refractivity contribution in [2.24, 2.45) is 0 Å². The Morgan fingerprint density at radius 3 is 2.06 bits per heavy atom. The van der Waals surface area contributed by atoms with Gasteiger partial charge < -0.3 is 4.74 Å². The zero-order valence-corrected chi connectivity index (χ0v) is 13.1. The molecule has 1 saturated heterocycles. The van der Waals surface area contributed by atoms with Crippen molar-refractivity contribution in [1.29, 1.82) is 0 Å². The zero-order chi connectivity index (χ0) is 12.3. The largest absolute Gasteiger partial charge is 0.453 e. The molecule has 1 aliphatic heterocycles. The molecule has 3 fully saturated rings. The van der Waals surface area contributed by atoms with E-state index in [2.05, 4.69) is 31.9 Å². The summed E-state index contributed by atoms with van der Waals surface area (Å²) in [5.41, 5.74) is 0.188. The molecule has 17 heavy (non-hydrogen) atoms. The van der Waals surface area contributed by atoms with Gasteiger partial charge in [-0.1, -0.05) is 44.7 Å². The average Bonchev–Trinajstić information content (AvgIpc) is 2.90. The quantitative estimate of drug-likeness (QED) is 0.485. The van der Waals surface area contributed by atoms with Gasteiger partial charge in [0.1, 0.15) is 0 Å². The number of alkyl halides is 2. The summed E-state index contributed by atoms with van der Waals surface area (Å²) in [6.07, 6.45) is 6.74. The Balaban J connectivity index is 1.95. The Bertz CT molecular complexity index is 338. The molecule has 4 unspecified atom stereocenters. The summed E-state index contributed by atoms with van der Waals surface area (Å²) in [5, 5.41) is 0. The normalized spacial score (nSPS) is 48.1. The second-order valence-electron chi connectivity index (χ2n) is 5.52. The second kappa shape index (κ2) is 3.86. The van der Waals surface area contributed by atoms with Crippen LogP contribution in [0.3, 0.4) is 0 Å². The molecule has 0 aromatic carbocycles. The van der Waals surface area contributed by atoms with Crippen LogP contribution in [0.15, 0.2) is 0 Å². The maximum absolute atomic E-state index is 12.0. The SMILES string of the molecule is COC(=O)N1C23CCCCC12CC(Br)C(Br)C3. The summed E-state index contributed by atoms with van der Waals surface area (Å²) in [5.74, 6) is 0. The Labute approximate surface area is 119 Å². The third kappa shape index (κ3) is 1.41. The average molecular weight is 367 g/mol. The van der Waals surface area contributed by atoms with E-state index in [0.717, 1.165) is 25.7 Å². The molecule has 0 spiro atoms. The van der Waals surface area contributed by atoms with Gasteiger partial charge in [-0.3, -0.25) is 4.90 Å². The standard InChI is InChI=1S/C12H17Br2NO2/c1-17-10(16)15-11-4-2-3-5-12(11,15)7-9(14)8(13)6-11/h8-9H,2-7H2,1H3. The van der Waals surface area contributed by atoms with Crippen molar-refractivity contribution in [3.05, 3.63) is 0 Å². The zero-order valence-electron chi connectivity index (χ0n) is 9.92. The van der Waals surface area contributed by atoms with Gasteiger partial charge in [0, 0.05) is 9.65 Å². The number of nitrogens with zero attached hydrogens (tertiary/aromatic N) is 1. The van der Waals surface area contributed by atoms with Gasteiger partial charge in [0.15, 0.2) is 0 Å². The topological polar surface area (TPSA) is 29.3 Å². The van der Waals surface area contributed by atoms with Gasteiger partial charge in [-0.05, 0) is 25.7 Å². The molecule has 1 amide bonds. The molecule has 0 bridgehead atoms. The Hall–Kier alpha value is 0.230. The van der Waals surface area contributed by atoms with E-state index in [1.165, 1.54) is 20.0 Å². The molecule has 0 N–H and O–H groups in total. The third-order valence-electron chi connectivity index (χ3n) is 4.92. The van der Waals surface area contributed by atoms with E-state index in [0.29, 0.717) is 9.65 Å². The summed E-state index contributed by atoms with van der Waals surface area (Å²) in [4.78, 5) is 14.9. The van der Waals surface area contributed by atoms with Crippen LogP contribution in [0.25, 0.3) is 0 Å². The highest BCUT2D eigenvalue weighted by atomic mass is 79.9. The van der Waals surface area contributed by atoms with Gasteiger partial charge in [0.05, 0.1) is 18.2 Å². The molecular weight excluding hydrogens is 350 g/mol. The van der Waals surface area contributed by atoms with Crippen LogP contribution in [0.2, 0.25) is 0 Å². The molecular formula is C12H17Br2NO2. The predicted octanol–water partition coefficient (Wildman–Crippen LogP) is 3.44. The summed E-state index contributed by atoms with van der Waals surface area (Å²) >= 11 is 7.49. The lowest BCUT2D eigenvalue weighted by Gasteiger charge is -2.35. The fourth-order valence-electron chi connectivity index (χ4n) is 4.20. The first kappa shape index (κ1) is 12.3. The monoisotopic (exact) mass is 365 g/mol. The minimum atomic E-state index is -0.131. The van der Waals surface area contributed by atoms with Crippen molar-refractivity contribution in [2.75, 3.05) is 7.11 Å². The molecule has 1 heterocycles. The van der Waals surface area contributed by atoms with Gasteiger partial charge >= 0.3 is 6.09 Å². The second-order valence-corrected chi connectivity index (χ2v) is 7.87. The van der Waals surface area contributed by atoms with Crippen LogP contribution in [-0.4, -0.2) is 38.8 Å². The molecule has 5 heteroatoms. The van der Waals surface area contributed by atoms with Crippen LogP contribution in [0.1, 0.15) is 38.5 Å². The number of methoxy groups -OCH3 is 1. The molecule has 2 aliphatic carbocycles. The number of hydrogen-bond donors (Lipinski definition) is 0. The van der Waals surface area contributed by atoms with Gasteiger partial charge in [-0.2, -0.15) is 0 Å². The van der Waals surface area contributed by atoms with E-state index in [4.69, 9.17) is 4.74 Å². The molecule has 3 nitrogen and oxygen atoms in total. The molecule has 96 valence electrons. The van der Waals surface area contributed by atoms with E-state index in [9.17, 15) is 4.79 Å². The number of amides is 1. The van der Waals surface area contributed by atoms with Crippen molar-refractivity contribution < 1.29 is 9.53 Å². The summed E-state index contributed by atoms with van der Waals surface area (Å²) < 4.78 is 4.97. The maximum Gasteiger partial charge on any atom is 0.410 e. The van der Waals surface area contributed by atoms with Crippen LogP contribution >= 0.6 is 31.9 Å². The minimum absolute atomic E-state index is 0.0940. The van der Waals surface area contributed by atoms with Crippen LogP contribution in [0.5, 0.6) is 0 Å². The molecule has 0 aromatic rings. The number of hydrogen-bond acceptors (Lipinski definition) is 2. The number of carbonyl (C=O) groups excluding carboxylic acids is 1. The third-order valence-corrected chi connectivity index (χ3v) is 7.55. The van der Waals surface area contributed by atoms with Crippen LogP contribution in [-0.2, 0) is 4.74 Å². The fraction of sp³-hybridized carbons (Fsp3) is 0.917. The summed E-state index contributed by atoms with van der Waals surface area (Å²) in [6, 6.07) is 0. The fourth-order valence-corrected chi connectivity index (χ4v) is 5.64. The molecule has 2 saturated carbocycles. The van der Waals surface area contributed by atoms with Crippen molar-refractivity contribution in [2.45, 2.75) is 59.3 Å². The molecule has 3 rings (SSSR count). The number of halogens is 2. The van der Waals surface area contributed by atoms with Crippen molar-refractivity contribution in [3.8, 4) is 0 Å². The highest BCUT2D eigenvalue weighted by Crippen LogP contribution is 2.68. The lowest BCUT2D eigenvalue weighted by Crippen LogP contribution is -2.41. The molecule has 0 aromatic heterocycles. The number of rotatable bonds is 0. The van der Waals surface area contributed by atoms with Crippen LogP contribution < -0.4 is 0 Å². The predicted molar refractivity (Wildman–Crippen MR) is 72.8 cm³/mol. The lowest BCUT2D eigenvalue weighted by atomic mass is 9.71. The first-order chi connectivity index (χ1) is 8.07. The molecule has 4 atom stereocenters. The van der Waals surface area contributed by atoms with Gasteiger partial charge in [0.2, 0.25) is 0 Å². The van der Waals surface area contributed by atoms with Gasteiger partial charge in [0.25, 0.3) is 0 Å². The lowest BCUT2D eigenvalue weighted by molar-refractivity contribution is 0.142. The maximum atomic E-state index is 12.0. The van der Waals surface area contributed by atoms with Crippen molar-refractivity contribution in [1.82, 2.24) is 4.90 Å². The summed E-state index contributed by atoms with van der Waals surface area (Å²) in [6.45, 7) is 0. The molecule has 3 aliphatic rings. The Morgan fingerprint density at radius 2 is 1.65 bits per heavy atom. The first-order valence-corrected chi connectivity index (χ1v) is 8.07. The van der Waals surface area contributed by atoms with E-state index in [-0.39, 0.29) is 17.2 Å². The highest BCUT2D eigenvalue weighted by Gasteiger charge is 2.79. The first-order valence-electron chi connectivity index (χ1n) is 6.24. The van der Waals surface area contributed by atoms with Crippen molar-refractivity contribution >= 4 is 38.0 Å². The van der Waals surface area contributed by atoms with Crippen LogP contribution in [0, 0.1) is 0 Å². The van der Waals surface area contributed by atoms with E-state index in [1.807, 2.05) is 4.90 Å². The molecule has 0 radical (unpaired) electrons. The van der Waals surface area contributed by atoms with Gasteiger partial charge in [-0.25, -0.2) is 4.79 Å². The van der Waals surface area contributed by atoms with E-state index in [1.54, 1.807) is 0 Å². The van der Waals surface area contributed by atoms with Gasteiger partial charge in [-0.15, -0.1) is 0 Å². The number of ether oxygens (including phenoxy) is 1. The number of likely N-dealkylation sites (tertiary alicyclic amines) is 1. The van der Waals surface area contributed by atoms with E-state index < -0.39 is 0 Å². The number of carbonyl (C=O) groups is 1. The van der Waals surface area contributed by atoms with Crippen molar-refractivity contribution in [3.63, 3.8) is 0 Å². The Kier molecular flexibility index (Phi) is 2.79. The van der Waals surface area contributed by atoms with Crippen LogP contribution in [0.4, 0.5) is 4.79 Å². The minimum Gasteiger partial charge on any atom is -0.453 e. The highest BCUT2D eigenvalue weighted by molar-refractivity contribution is 9.12. The van der Waals surface area contributed by atoms with E-state index >= 15 is 0 Å².